The first-order chi connectivity index (χ1) is 12.0. The Labute approximate surface area is 148 Å². The number of amides is 1. The Morgan fingerprint density at radius 1 is 1.12 bits per heavy atom. The van der Waals surface area contributed by atoms with Gasteiger partial charge in [-0.1, -0.05) is 29.8 Å². The van der Waals surface area contributed by atoms with Gasteiger partial charge in [0.2, 0.25) is 5.91 Å². The van der Waals surface area contributed by atoms with Crippen LogP contribution in [0.25, 0.3) is 0 Å². The van der Waals surface area contributed by atoms with E-state index in [1.807, 2.05) is 0 Å². The molecule has 126 valence electrons. The minimum absolute atomic E-state index is 0.0319. The van der Waals surface area contributed by atoms with Crippen molar-refractivity contribution in [3.05, 3.63) is 76.2 Å². The molecule has 1 amide bonds. The van der Waals surface area contributed by atoms with Gasteiger partial charge in [-0.15, -0.1) is 0 Å². The summed E-state index contributed by atoms with van der Waals surface area (Å²) >= 11 is 6.04. The van der Waals surface area contributed by atoms with E-state index in [0.717, 1.165) is 0 Å². The van der Waals surface area contributed by atoms with E-state index >= 15 is 0 Å². The zero-order valence-electron chi connectivity index (χ0n) is 13.0. The molecule has 0 aliphatic carbocycles. The molecule has 0 N–H and O–H groups in total. The fourth-order valence-electron chi connectivity index (χ4n) is 3.35. The third kappa shape index (κ3) is 2.70. The molecule has 0 saturated heterocycles. The van der Waals surface area contributed by atoms with E-state index in [1.165, 1.54) is 17.0 Å². The third-order valence-electron chi connectivity index (χ3n) is 4.46. The van der Waals surface area contributed by atoms with Crippen LogP contribution in [0, 0.1) is 5.82 Å². The summed E-state index contributed by atoms with van der Waals surface area (Å²) in [5.41, 5.74) is 2.29. The van der Waals surface area contributed by atoms with Crippen molar-refractivity contribution >= 4 is 29.2 Å². The first kappa shape index (κ1) is 15.8. The molecule has 6 heteroatoms. The largest absolute Gasteiger partial charge is 0.456 e. The molecule has 0 spiro atoms. The van der Waals surface area contributed by atoms with Gasteiger partial charge < -0.3 is 4.74 Å². The lowest BCUT2D eigenvalue weighted by Gasteiger charge is -2.31. The maximum Gasteiger partial charge on any atom is 0.336 e. The van der Waals surface area contributed by atoms with Gasteiger partial charge in [0.05, 0.1) is 17.0 Å². The minimum Gasteiger partial charge on any atom is -0.456 e. The summed E-state index contributed by atoms with van der Waals surface area (Å²) in [6.45, 7) is 0.0319. The molecule has 4 nitrogen and oxygen atoms in total. The van der Waals surface area contributed by atoms with Gasteiger partial charge >= 0.3 is 5.97 Å². The van der Waals surface area contributed by atoms with Gasteiger partial charge in [-0.05, 0) is 35.9 Å². The number of rotatable bonds is 2. The summed E-state index contributed by atoms with van der Waals surface area (Å²) < 4.78 is 18.4. The van der Waals surface area contributed by atoms with Crippen LogP contribution in [0.5, 0.6) is 0 Å². The number of benzene rings is 2. The zero-order chi connectivity index (χ0) is 17.6. The van der Waals surface area contributed by atoms with Crippen molar-refractivity contribution < 1.29 is 18.7 Å². The van der Waals surface area contributed by atoms with Crippen molar-refractivity contribution in [1.82, 2.24) is 0 Å². The van der Waals surface area contributed by atoms with Crippen molar-refractivity contribution in [3.8, 4) is 0 Å². The molecular formula is C19H13ClFNO3. The number of esters is 1. The second-order valence-electron chi connectivity index (χ2n) is 5.95. The maximum absolute atomic E-state index is 13.2. The van der Waals surface area contributed by atoms with Crippen molar-refractivity contribution in [2.24, 2.45) is 0 Å². The molecule has 4 rings (SSSR count). The van der Waals surface area contributed by atoms with Crippen LogP contribution in [0.1, 0.15) is 17.9 Å². The third-order valence-corrected chi connectivity index (χ3v) is 4.69. The van der Waals surface area contributed by atoms with E-state index in [-0.39, 0.29) is 24.8 Å². The van der Waals surface area contributed by atoms with Gasteiger partial charge in [-0.25, -0.2) is 9.18 Å². The first-order valence-electron chi connectivity index (χ1n) is 7.79. The summed E-state index contributed by atoms with van der Waals surface area (Å²) in [6.07, 6.45) is 0.103. The second kappa shape index (κ2) is 6.01. The van der Waals surface area contributed by atoms with E-state index < -0.39 is 11.9 Å². The van der Waals surface area contributed by atoms with Gasteiger partial charge in [-0.3, -0.25) is 9.69 Å². The Morgan fingerprint density at radius 2 is 1.88 bits per heavy atom. The number of cyclic esters (lactones) is 1. The molecule has 2 aromatic rings. The van der Waals surface area contributed by atoms with Crippen molar-refractivity contribution in [2.45, 2.75) is 12.3 Å². The monoisotopic (exact) mass is 357 g/mol. The summed E-state index contributed by atoms with van der Waals surface area (Å²) in [6, 6.07) is 12.7. The molecule has 2 aliphatic heterocycles. The van der Waals surface area contributed by atoms with Crippen LogP contribution in [0.4, 0.5) is 10.1 Å². The predicted octanol–water partition coefficient (Wildman–Crippen LogP) is 3.81. The number of halogens is 2. The summed E-state index contributed by atoms with van der Waals surface area (Å²) in [7, 11) is 0. The van der Waals surface area contributed by atoms with E-state index in [0.29, 0.717) is 27.5 Å². The van der Waals surface area contributed by atoms with E-state index in [9.17, 15) is 14.0 Å². The molecule has 0 fully saturated rings. The number of carbonyl (C=O) groups excluding carboxylic acids is 2. The lowest BCUT2D eigenvalue weighted by atomic mass is 9.84. The second-order valence-corrected chi connectivity index (χ2v) is 6.39. The Hall–Kier alpha value is -2.66. The lowest BCUT2D eigenvalue weighted by Crippen LogP contribution is -2.37. The number of ether oxygens (including phenoxy) is 1. The molecule has 2 aliphatic rings. The highest BCUT2D eigenvalue weighted by Crippen LogP contribution is 2.42. The average Bonchev–Trinajstić information content (AvgIpc) is 2.96. The Balaban J connectivity index is 1.83. The summed E-state index contributed by atoms with van der Waals surface area (Å²) in [5, 5.41) is 0.498. The van der Waals surface area contributed by atoms with Crippen molar-refractivity contribution in [2.75, 3.05) is 11.5 Å². The van der Waals surface area contributed by atoms with Gasteiger partial charge in [0.15, 0.2) is 0 Å². The molecule has 0 aromatic heterocycles. The summed E-state index contributed by atoms with van der Waals surface area (Å²) in [4.78, 5) is 26.6. The average molecular weight is 358 g/mol. The summed E-state index contributed by atoms with van der Waals surface area (Å²) in [5.74, 6) is -1.40. The topological polar surface area (TPSA) is 46.6 Å². The van der Waals surface area contributed by atoms with Crippen LogP contribution < -0.4 is 4.90 Å². The van der Waals surface area contributed by atoms with Gasteiger partial charge in [0, 0.05) is 17.4 Å². The Kier molecular flexibility index (Phi) is 3.81. The normalized spacial score (nSPS) is 19.9. The molecule has 1 unspecified atom stereocenters. The van der Waals surface area contributed by atoms with Crippen LogP contribution in [0.2, 0.25) is 5.02 Å². The standard InChI is InChI=1S/C19H13ClFNO3/c20-12-2-1-3-14(8-12)22-16-10-25-19(24)18(16)15(9-17(22)23)11-4-6-13(21)7-5-11/h1-8,15H,9-10H2. The molecule has 2 aromatic carbocycles. The van der Waals surface area contributed by atoms with Crippen LogP contribution in [0.15, 0.2) is 59.8 Å². The van der Waals surface area contributed by atoms with E-state index in [4.69, 9.17) is 16.3 Å². The number of anilines is 1. The number of hydrogen-bond donors (Lipinski definition) is 0. The molecule has 2 heterocycles. The first-order valence-corrected chi connectivity index (χ1v) is 8.16. The quantitative estimate of drug-likeness (QED) is 0.768. The molecule has 25 heavy (non-hydrogen) atoms. The number of nitrogens with zero attached hydrogens (tertiary/aromatic N) is 1. The smallest absolute Gasteiger partial charge is 0.336 e. The van der Waals surface area contributed by atoms with E-state index in [1.54, 1.807) is 36.4 Å². The predicted molar refractivity (Wildman–Crippen MR) is 90.7 cm³/mol. The van der Waals surface area contributed by atoms with Crippen molar-refractivity contribution in [3.63, 3.8) is 0 Å². The lowest BCUT2D eigenvalue weighted by molar-refractivity contribution is -0.136. The minimum atomic E-state index is -0.441. The Bertz CT molecular complexity index is 907. The van der Waals surface area contributed by atoms with Gasteiger partial charge in [0.25, 0.3) is 0 Å². The highest BCUT2D eigenvalue weighted by atomic mass is 35.5. The van der Waals surface area contributed by atoms with E-state index in [2.05, 4.69) is 0 Å². The van der Waals surface area contributed by atoms with Crippen LogP contribution >= 0.6 is 11.6 Å². The SMILES string of the molecule is O=C1OCC2=C1C(c1ccc(F)cc1)CC(=O)N2c1cccc(Cl)c1. The fourth-order valence-corrected chi connectivity index (χ4v) is 3.53. The van der Waals surface area contributed by atoms with Gasteiger partial charge in [0.1, 0.15) is 12.4 Å². The van der Waals surface area contributed by atoms with Crippen molar-refractivity contribution in [1.29, 1.82) is 0 Å². The van der Waals surface area contributed by atoms with Crippen LogP contribution in [-0.2, 0) is 14.3 Å². The van der Waals surface area contributed by atoms with Crippen LogP contribution in [0.3, 0.4) is 0 Å². The molecule has 1 atom stereocenters. The number of carbonyl (C=O) groups is 2. The molecule has 0 bridgehead atoms. The fraction of sp³-hybridized carbons (Fsp3) is 0.158. The molecule has 0 radical (unpaired) electrons. The molecule has 0 saturated carbocycles. The molecular weight excluding hydrogens is 345 g/mol. The van der Waals surface area contributed by atoms with Crippen LogP contribution in [-0.4, -0.2) is 18.5 Å². The number of hydrogen-bond acceptors (Lipinski definition) is 3. The van der Waals surface area contributed by atoms with Gasteiger partial charge in [-0.2, -0.15) is 0 Å². The maximum atomic E-state index is 13.2. The Morgan fingerprint density at radius 3 is 2.60 bits per heavy atom. The zero-order valence-corrected chi connectivity index (χ0v) is 13.8. The highest BCUT2D eigenvalue weighted by Gasteiger charge is 2.42. The highest BCUT2D eigenvalue weighted by molar-refractivity contribution is 6.31.